The molecular formula is C11H16N4O2S2. The summed E-state index contributed by atoms with van der Waals surface area (Å²) in [6.07, 6.45) is 1.69. The molecule has 0 spiro atoms. The molecule has 0 fully saturated rings. The van der Waals surface area contributed by atoms with E-state index in [-0.39, 0.29) is 0 Å². The van der Waals surface area contributed by atoms with E-state index in [1.807, 2.05) is 7.05 Å². The number of aromatic nitrogens is 2. The second kappa shape index (κ2) is 5.32. The van der Waals surface area contributed by atoms with Crippen molar-refractivity contribution in [1.82, 2.24) is 15.1 Å². The van der Waals surface area contributed by atoms with Crippen molar-refractivity contribution in [3.05, 3.63) is 28.1 Å². The Bertz CT molecular complexity index is 673. The van der Waals surface area contributed by atoms with Crippen LogP contribution in [0.25, 0.3) is 0 Å². The van der Waals surface area contributed by atoms with Crippen LogP contribution in [0.4, 0.5) is 5.82 Å². The van der Waals surface area contributed by atoms with E-state index in [0.717, 1.165) is 9.75 Å². The first kappa shape index (κ1) is 14.0. The summed E-state index contributed by atoms with van der Waals surface area (Å²) in [6.45, 7) is 2.46. The summed E-state index contributed by atoms with van der Waals surface area (Å²) >= 11 is 1.47. The van der Waals surface area contributed by atoms with Gasteiger partial charge in [0, 0.05) is 35.6 Å². The first-order valence-corrected chi connectivity index (χ1v) is 7.98. The van der Waals surface area contributed by atoms with E-state index >= 15 is 0 Å². The molecule has 0 unspecified atom stereocenters. The highest BCUT2D eigenvalue weighted by molar-refractivity contribution is 7.93. The van der Waals surface area contributed by atoms with Gasteiger partial charge in [0.25, 0.3) is 10.0 Å². The first-order chi connectivity index (χ1) is 8.92. The summed E-state index contributed by atoms with van der Waals surface area (Å²) in [5, 5.41) is 7.02. The highest BCUT2D eigenvalue weighted by Crippen LogP contribution is 2.27. The van der Waals surface area contributed by atoms with E-state index in [4.69, 9.17) is 0 Å². The van der Waals surface area contributed by atoms with Crippen LogP contribution in [-0.2, 0) is 23.6 Å². The average molecular weight is 300 g/mol. The van der Waals surface area contributed by atoms with Crippen LogP contribution in [-0.4, -0.2) is 25.2 Å². The molecule has 0 aliphatic carbocycles. The summed E-state index contributed by atoms with van der Waals surface area (Å²) in [4.78, 5) is 2.07. The van der Waals surface area contributed by atoms with E-state index in [1.54, 1.807) is 37.0 Å². The number of aryl methyl sites for hydroxylation is 2. The van der Waals surface area contributed by atoms with Gasteiger partial charge >= 0.3 is 0 Å². The lowest BCUT2D eigenvalue weighted by Crippen LogP contribution is -2.13. The molecule has 2 aromatic rings. The van der Waals surface area contributed by atoms with Gasteiger partial charge in [-0.1, -0.05) is 0 Å². The third kappa shape index (κ3) is 3.14. The van der Waals surface area contributed by atoms with Crippen molar-refractivity contribution in [2.24, 2.45) is 7.05 Å². The van der Waals surface area contributed by atoms with Crippen LogP contribution >= 0.6 is 11.3 Å². The summed E-state index contributed by atoms with van der Waals surface area (Å²) < 4.78 is 28.6. The molecule has 2 aromatic heterocycles. The van der Waals surface area contributed by atoms with Crippen LogP contribution in [0.15, 0.2) is 23.2 Å². The molecule has 0 atom stereocenters. The molecule has 0 aliphatic rings. The van der Waals surface area contributed by atoms with Gasteiger partial charge in [-0.2, -0.15) is 5.10 Å². The van der Waals surface area contributed by atoms with Crippen molar-refractivity contribution < 1.29 is 8.42 Å². The highest BCUT2D eigenvalue weighted by atomic mass is 32.2. The zero-order chi connectivity index (χ0) is 14.0. The standard InChI is InChI=1S/C11H16N4O2S2/c1-8-10(6-9(18-8)7-12-2)19(16,17)14-11-4-5-15(3)13-11/h4-6,12H,7H2,1-3H3,(H,13,14). The molecule has 0 aliphatic heterocycles. The smallest absolute Gasteiger partial charge is 0.264 e. The Morgan fingerprint density at radius 1 is 1.47 bits per heavy atom. The van der Waals surface area contributed by atoms with Gasteiger partial charge < -0.3 is 5.32 Å². The molecule has 2 heterocycles. The molecule has 19 heavy (non-hydrogen) atoms. The number of nitrogens with one attached hydrogen (secondary N) is 2. The van der Waals surface area contributed by atoms with Crippen molar-refractivity contribution in [3.63, 3.8) is 0 Å². The molecule has 0 bridgehead atoms. The summed E-state index contributed by atoms with van der Waals surface area (Å²) in [6, 6.07) is 3.32. The predicted octanol–water partition coefficient (Wildman–Crippen LogP) is 1.31. The first-order valence-electron chi connectivity index (χ1n) is 5.69. The fourth-order valence-corrected chi connectivity index (χ4v) is 4.36. The molecule has 2 N–H and O–H groups in total. The second-order valence-corrected chi connectivity index (χ2v) is 7.14. The zero-order valence-corrected chi connectivity index (χ0v) is 12.6. The molecular weight excluding hydrogens is 284 g/mol. The summed E-state index contributed by atoms with van der Waals surface area (Å²) in [5.41, 5.74) is 0. The van der Waals surface area contributed by atoms with Gasteiger partial charge in [0.05, 0.1) is 0 Å². The van der Waals surface area contributed by atoms with Crippen molar-refractivity contribution in [3.8, 4) is 0 Å². The van der Waals surface area contributed by atoms with Crippen LogP contribution < -0.4 is 10.0 Å². The minimum atomic E-state index is -3.57. The Hall–Kier alpha value is -1.38. The molecule has 0 radical (unpaired) electrons. The summed E-state index contributed by atoms with van der Waals surface area (Å²) in [5.74, 6) is 0.322. The molecule has 0 amide bonds. The van der Waals surface area contributed by atoms with Gasteiger partial charge in [-0.3, -0.25) is 9.40 Å². The Kier molecular flexibility index (Phi) is 3.93. The maximum absolute atomic E-state index is 12.3. The molecule has 2 rings (SSSR count). The van der Waals surface area contributed by atoms with Gasteiger partial charge in [-0.15, -0.1) is 11.3 Å². The number of thiophene rings is 1. The van der Waals surface area contributed by atoms with Crippen LogP contribution in [0.1, 0.15) is 9.75 Å². The van der Waals surface area contributed by atoms with Crippen molar-refractivity contribution in [2.75, 3.05) is 11.8 Å². The van der Waals surface area contributed by atoms with Crippen LogP contribution in [0.2, 0.25) is 0 Å². The van der Waals surface area contributed by atoms with Crippen LogP contribution in [0, 0.1) is 6.92 Å². The van der Waals surface area contributed by atoms with Crippen molar-refractivity contribution >= 4 is 27.2 Å². The Labute approximate surface area is 116 Å². The lowest BCUT2D eigenvalue weighted by molar-refractivity contribution is 0.600. The fraction of sp³-hybridized carbons (Fsp3) is 0.364. The molecule has 0 aromatic carbocycles. The van der Waals surface area contributed by atoms with Gasteiger partial charge in [0.2, 0.25) is 0 Å². The SMILES string of the molecule is CNCc1cc(S(=O)(=O)Nc2ccn(C)n2)c(C)s1. The lowest BCUT2D eigenvalue weighted by Gasteiger charge is -2.04. The number of anilines is 1. The minimum absolute atomic E-state index is 0.313. The predicted molar refractivity (Wildman–Crippen MR) is 75.8 cm³/mol. The number of nitrogens with zero attached hydrogens (tertiary/aromatic N) is 2. The third-order valence-corrected chi connectivity index (χ3v) is 5.18. The maximum atomic E-state index is 12.3. The summed E-state index contributed by atoms with van der Waals surface area (Å²) in [7, 11) is -0.00782. The Morgan fingerprint density at radius 3 is 2.79 bits per heavy atom. The van der Waals surface area contributed by atoms with E-state index < -0.39 is 10.0 Å². The Balaban J connectivity index is 2.28. The van der Waals surface area contributed by atoms with Crippen LogP contribution in [0.5, 0.6) is 0 Å². The molecule has 0 saturated carbocycles. The lowest BCUT2D eigenvalue weighted by atomic mass is 10.4. The van der Waals surface area contributed by atoms with Crippen molar-refractivity contribution in [2.45, 2.75) is 18.4 Å². The monoisotopic (exact) mass is 300 g/mol. The van der Waals surface area contributed by atoms with Gasteiger partial charge in [-0.05, 0) is 20.0 Å². The topological polar surface area (TPSA) is 76.0 Å². The molecule has 104 valence electrons. The normalized spacial score (nSPS) is 11.7. The molecule has 6 nitrogen and oxygen atoms in total. The average Bonchev–Trinajstić information content (AvgIpc) is 2.86. The Morgan fingerprint density at radius 2 is 2.21 bits per heavy atom. The minimum Gasteiger partial charge on any atom is -0.315 e. The van der Waals surface area contributed by atoms with E-state index in [1.165, 1.54) is 11.3 Å². The third-order valence-electron chi connectivity index (χ3n) is 2.52. The van der Waals surface area contributed by atoms with Gasteiger partial charge in [-0.25, -0.2) is 8.42 Å². The largest absolute Gasteiger partial charge is 0.315 e. The maximum Gasteiger partial charge on any atom is 0.264 e. The van der Waals surface area contributed by atoms with Gasteiger partial charge in [0.1, 0.15) is 4.90 Å². The van der Waals surface area contributed by atoms with Gasteiger partial charge in [0.15, 0.2) is 5.82 Å². The van der Waals surface area contributed by atoms with Crippen LogP contribution in [0.3, 0.4) is 0 Å². The number of sulfonamides is 1. The van der Waals surface area contributed by atoms with E-state index in [2.05, 4.69) is 15.1 Å². The second-order valence-electron chi connectivity index (χ2n) is 4.14. The molecule has 0 saturated heterocycles. The number of hydrogen-bond donors (Lipinski definition) is 2. The fourth-order valence-electron chi connectivity index (χ4n) is 1.71. The van der Waals surface area contributed by atoms with E-state index in [9.17, 15) is 8.42 Å². The number of rotatable bonds is 5. The molecule has 8 heteroatoms. The van der Waals surface area contributed by atoms with E-state index in [0.29, 0.717) is 17.3 Å². The zero-order valence-electron chi connectivity index (χ0n) is 11.0. The quantitative estimate of drug-likeness (QED) is 0.873. The number of hydrogen-bond acceptors (Lipinski definition) is 5. The highest BCUT2D eigenvalue weighted by Gasteiger charge is 2.20. The van der Waals surface area contributed by atoms with Crippen molar-refractivity contribution in [1.29, 1.82) is 0 Å².